The molecule has 2 N–H and O–H groups in total. The van der Waals surface area contributed by atoms with Crippen LogP contribution in [0, 0.1) is 12.7 Å². The zero-order chi connectivity index (χ0) is 27.2. The molecule has 3 fully saturated rings. The van der Waals surface area contributed by atoms with Crippen LogP contribution in [-0.4, -0.2) is 52.3 Å². The highest BCUT2D eigenvalue weighted by atomic mass is 19.1. The summed E-state index contributed by atoms with van der Waals surface area (Å²) in [5, 5.41) is 6.90. The molecule has 0 spiro atoms. The van der Waals surface area contributed by atoms with Gasteiger partial charge in [-0.05, 0) is 69.1 Å². The Morgan fingerprint density at radius 3 is 2.72 bits per heavy atom. The largest absolute Gasteiger partial charge is 0.481 e. The van der Waals surface area contributed by atoms with Crippen LogP contribution in [0.4, 0.5) is 10.1 Å². The fourth-order valence-corrected chi connectivity index (χ4v) is 6.34. The first-order valence-corrected chi connectivity index (χ1v) is 13.7. The minimum Gasteiger partial charge on any atom is -0.481 e. The molecule has 9 nitrogen and oxygen atoms in total. The van der Waals surface area contributed by atoms with Gasteiger partial charge < -0.3 is 24.8 Å². The normalized spacial score (nSPS) is 23.8. The first-order chi connectivity index (χ1) is 18.8. The Bertz CT molecular complexity index is 1420. The number of ether oxygens (including phenoxy) is 3. The van der Waals surface area contributed by atoms with Gasteiger partial charge in [0.25, 0.3) is 0 Å². The highest BCUT2D eigenvalue weighted by Gasteiger charge is 2.49. The van der Waals surface area contributed by atoms with Gasteiger partial charge in [-0.3, -0.25) is 4.98 Å². The molecule has 6 heterocycles. The zero-order valence-corrected chi connectivity index (χ0v) is 22.7. The standard InChI is InChI=1S/C29H34FN5O4/c1-4-18-17(2)25-27(39-24(36)15-32-25)34-22(18)14-33-28-9-11-29(12-10-28,38-16-28)8-7-19-20(30)13-31-21-5-6-23(37-3)35-26(19)21/h5-6,13,32-33H,4,7-12,14-16H2,1-3H3. The van der Waals surface area contributed by atoms with E-state index >= 15 is 0 Å². The highest BCUT2D eigenvalue weighted by molar-refractivity contribution is 5.83. The van der Waals surface area contributed by atoms with Crippen molar-refractivity contribution >= 4 is 22.7 Å². The van der Waals surface area contributed by atoms with Crippen molar-refractivity contribution in [3.8, 4) is 11.8 Å². The number of pyridine rings is 3. The van der Waals surface area contributed by atoms with E-state index in [-0.39, 0.29) is 29.5 Å². The van der Waals surface area contributed by atoms with Crippen LogP contribution in [0.3, 0.4) is 0 Å². The summed E-state index contributed by atoms with van der Waals surface area (Å²) in [5.74, 6) is 0.138. The summed E-state index contributed by atoms with van der Waals surface area (Å²) in [7, 11) is 1.55. The fourth-order valence-electron chi connectivity index (χ4n) is 6.34. The maximum absolute atomic E-state index is 14.9. The van der Waals surface area contributed by atoms with Gasteiger partial charge in [-0.15, -0.1) is 0 Å². The summed E-state index contributed by atoms with van der Waals surface area (Å²) in [6, 6.07) is 3.55. The van der Waals surface area contributed by atoms with Crippen LogP contribution in [0.15, 0.2) is 18.3 Å². The molecule has 206 valence electrons. The number of carbonyl (C=O) groups excluding carboxylic acids is 1. The molecule has 1 aliphatic carbocycles. The molecular formula is C29H34FN5O4. The van der Waals surface area contributed by atoms with Crippen LogP contribution < -0.4 is 20.1 Å². The number of nitrogens with zero attached hydrogens (tertiary/aromatic N) is 3. The summed E-state index contributed by atoms with van der Waals surface area (Å²) in [4.78, 5) is 25.2. The van der Waals surface area contributed by atoms with Gasteiger partial charge in [0.2, 0.25) is 11.8 Å². The average Bonchev–Trinajstić information content (AvgIpc) is 2.96. The van der Waals surface area contributed by atoms with Crippen LogP contribution in [0.5, 0.6) is 11.8 Å². The van der Waals surface area contributed by atoms with E-state index in [1.165, 1.54) is 11.8 Å². The number of hydrogen-bond donors (Lipinski definition) is 2. The van der Waals surface area contributed by atoms with E-state index in [4.69, 9.17) is 19.2 Å². The quantitative estimate of drug-likeness (QED) is 0.411. The van der Waals surface area contributed by atoms with Gasteiger partial charge in [0.15, 0.2) is 0 Å². The van der Waals surface area contributed by atoms with Gasteiger partial charge in [0.05, 0.1) is 42.2 Å². The molecule has 39 heavy (non-hydrogen) atoms. The molecule has 0 radical (unpaired) electrons. The van der Waals surface area contributed by atoms with Crippen molar-refractivity contribution < 1.29 is 23.4 Å². The molecule has 0 unspecified atom stereocenters. The molecule has 3 aromatic rings. The number of aryl methyl sites for hydroxylation is 1. The maximum atomic E-state index is 14.9. The summed E-state index contributed by atoms with van der Waals surface area (Å²) in [6.07, 6.45) is 7.12. The van der Waals surface area contributed by atoms with E-state index in [1.54, 1.807) is 13.2 Å². The van der Waals surface area contributed by atoms with Crippen molar-refractivity contribution in [2.24, 2.45) is 0 Å². The minimum absolute atomic E-state index is 0.128. The molecule has 7 rings (SSSR count). The number of nitrogens with one attached hydrogen (secondary N) is 2. The Balaban J connectivity index is 1.14. The van der Waals surface area contributed by atoms with E-state index in [9.17, 15) is 9.18 Å². The second-order valence-electron chi connectivity index (χ2n) is 10.9. The number of anilines is 1. The molecule has 3 aliphatic heterocycles. The molecular weight excluding hydrogens is 501 g/mol. The Hall–Kier alpha value is -3.37. The molecule has 10 heteroatoms. The van der Waals surface area contributed by atoms with E-state index in [1.807, 2.05) is 13.0 Å². The Kier molecular flexibility index (Phi) is 6.63. The zero-order valence-electron chi connectivity index (χ0n) is 22.7. The van der Waals surface area contributed by atoms with Gasteiger partial charge in [0.1, 0.15) is 18.0 Å². The van der Waals surface area contributed by atoms with Gasteiger partial charge in [-0.2, -0.15) is 0 Å². The van der Waals surface area contributed by atoms with Crippen LogP contribution in [0.1, 0.15) is 61.4 Å². The monoisotopic (exact) mass is 535 g/mol. The van der Waals surface area contributed by atoms with Crippen molar-refractivity contribution in [3.63, 3.8) is 0 Å². The summed E-state index contributed by atoms with van der Waals surface area (Å²) >= 11 is 0. The van der Waals surface area contributed by atoms with Crippen molar-refractivity contribution in [2.75, 3.05) is 25.6 Å². The Morgan fingerprint density at radius 2 is 2.00 bits per heavy atom. The Labute approximate surface area is 226 Å². The lowest BCUT2D eigenvalue weighted by atomic mass is 9.69. The SMILES string of the molecule is CCc1c(CNC23CCC(CCc4c(F)cnc5ccc(OC)nc45)(CC2)OC3)nc2c(c1C)NCC(=O)O2. The molecule has 0 atom stereocenters. The van der Waals surface area contributed by atoms with E-state index in [0.717, 1.165) is 55.5 Å². The summed E-state index contributed by atoms with van der Waals surface area (Å²) in [5.41, 5.74) is 5.34. The third-order valence-electron chi connectivity index (χ3n) is 8.78. The second kappa shape index (κ2) is 9.98. The van der Waals surface area contributed by atoms with Gasteiger partial charge >= 0.3 is 5.97 Å². The van der Waals surface area contributed by atoms with Crippen LogP contribution >= 0.6 is 0 Å². The molecule has 0 amide bonds. The van der Waals surface area contributed by atoms with E-state index in [0.29, 0.717) is 47.9 Å². The van der Waals surface area contributed by atoms with Crippen LogP contribution in [0.2, 0.25) is 0 Å². The predicted molar refractivity (Wildman–Crippen MR) is 144 cm³/mol. The number of halogens is 1. The van der Waals surface area contributed by atoms with Crippen molar-refractivity contribution in [1.82, 2.24) is 20.3 Å². The first kappa shape index (κ1) is 25.9. The lowest BCUT2D eigenvalue weighted by molar-refractivity contribution is -0.165. The first-order valence-electron chi connectivity index (χ1n) is 13.7. The Morgan fingerprint density at radius 1 is 1.18 bits per heavy atom. The number of carbonyl (C=O) groups is 1. The lowest BCUT2D eigenvalue weighted by Crippen LogP contribution is -2.61. The van der Waals surface area contributed by atoms with Gasteiger partial charge in [0, 0.05) is 23.7 Å². The number of esters is 1. The number of rotatable bonds is 8. The van der Waals surface area contributed by atoms with Crippen LogP contribution in [-0.2, 0) is 28.9 Å². The predicted octanol–water partition coefficient (Wildman–Crippen LogP) is 4.18. The molecule has 4 aliphatic rings. The number of methoxy groups -OCH3 is 1. The minimum atomic E-state index is -0.345. The number of aromatic nitrogens is 3. The fraction of sp³-hybridized carbons (Fsp3) is 0.517. The van der Waals surface area contributed by atoms with Crippen LogP contribution in [0.25, 0.3) is 11.0 Å². The molecule has 3 aromatic heterocycles. The van der Waals surface area contributed by atoms with Crippen molar-refractivity contribution in [2.45, 2.75) is 76.5 Å². The second-order valence-corrected chi connectivity index (χ2v) is 10.9. The number of fused-ring (bicyclic) bond motifs is 5. The molecule has 2 bridgehead atoms. The van der Waals surface area contributed by atoms with E-state index in [2.05, 4.69) is 27.5 Å². The molecule has 1 saturated carbocycles. The molecule has 0 aromatic carbocycles. The smallest absolute Gasteiger partial charge is 0.332 e. The van der Waals surface area contributed by atoms with Gasteiger partial charge in [-0.25, -0.2) is 19.2 Å². The third kappa shape index (κ3) is 4.69. The topological polar surface area (TPSA) is 107 Å². The highest BCUT2D eigenvalue weighted by Crippen LogP contribution is 2.46. The molecule has 2 saturated heterocycles. The average molecular weight is 536 g/mol. The van der Waals surface area contributed by atoms with Gasteiger partial charge in [-0.1, -0.05) is 6.92 Å². The lowest BCUT2D eigenvalue weighted by Gasteiger charge is -2.53. The van der Waals surface area contributed by atoms with Crippen molar-refractivity contribution in [3.05, 3.63) is 46.5 Å². The third-order valence-corrected chi connectivity index (χ3v) is 8.78. The number of hydrogen-bond acceptors (Lipinski definition) is 9. The summed E-state index contributed by atoms with van der Waals surface area (Å²) in [6.45, 7) is 5.50. The van der Waals surface area contributed by atoms with E-state index < -0.39 is 0 Å². The van der Waals surface area contributed by atoms with Crippen molar-refractivity contribution in [1.29, 1.82) is 0 Å². The summed E-state index contributed by atoms with van der Waals surface area (Å²) < 4.78 is 32.0. The maximum Gasteiger partial charge on any atom is 0.332 e.